The summed E-state index contributed by atoms with van der Waals surface area (Å²) in [6.45, 7) is 12.4. The van der Waals surface area contributed by atoms with E-state index in [1.165, 1.54) is 57.8 Å². The van der Waals surface area contributed by atoms with E-state index < -0.39 is 0 Å². The second-order valence-corrected chi connectivity index (χ2v) is 14.2. The molecule has 2 heteroatoms. The maximum Gasteiger partial charge on any atom is 0.162 e. The van der Waals surface area contributed by atoms with Crippen molar-refractivity contribution in [2.24, 2.45) is 52.3 Å². The number of ketones is 1. The number of benzene rings is 1. The molecule has 0 spiro atoms. The number of carbonyl (C=O) groups is 1. The standard InChI is InChI=1S/C34H50O2/c1-22(2)10-9-11-23(3)28-16-17-29-26-15-14-25-20-31(35)27(32(36)24-12-7-6-8-13-24)21-34(25,5)30(26)18-19-33(28,29)4/h6-8,12-13,22-23,25-26,28-30,36H,9-11,14-21H2,1-5H3/b32-27-/t23-,25-,26+,28-,29+,30+,33+,34-/m0/s1. The maximum atomic E-state index is 13.2. The van der Waals surface area contributed by atoms with Crippen molar-refractivity contribution < 1.29 is 9.90 Å². The first kappa shape index (κ1) is 26.1. The Morgan fingerprint density at radius 3 is 2.39 bits per heavy atom. The lowest BCUT2D eigenvalue weighted by Gasteiger charge is -2.60. The number of carbonyl (C=O) groups excluding carboxylic acids is 1. The van der Waals surface area contributed by atoms with Crippen molar-refractivity contribution in [1.82, 2.24) is 0 Å². The van der Waals surface area contributed by atoms with Crippen LogP contribution in [-0.2, 0) is 4.79 Å². The predicted octanol–water partition coefficient (Wildman–Crippen LogP) is 9.26. The van der Waals surface area contributed by atoms with E-state index in [4.69, 9.17) is 0 Å². The molecule has 0 saturated heterocycles. The van der Waals surface area contributed by atoms with Gasteiger partial charge in [-0.2, -0.15) is 0 Å². The Morgan fingerprint density at radius 2 is 1.67 bits per heavy atom. The third-order valence-electron chi connectivity index (χ3n) is 11.9. The van der Waals surface area contributed by atoms with Crippen molar-refractivity contribution in [3.63, 3.8) is 0 Å². The lowest BCUT2D eigenvalue weighted by Crippen LogP contribution is -2.54. The summed E-state index contributed by atoms with van der Waals surface area (Å²) in [6, 6.07) is 9.72. The van der Waals surface area contributed by atoms with Crippen molar-refractivity contribution in [3.8, 4) is 0 Å². The smallest absolute Gasteiger partial charge is 0.162 e. The zero-order chi connectivity index (χ0) is 25.7. The van der Waals surface area contributed by atoms with Gasteiger partial charge in [0.25, 0.3) is 0 Å². The van der Waals surface area contributed by atoms with Gasteiger partial charge in [-0.05, 0) is 97.2 Å². The maximum absolute atomic E-state index is 13.2. The summed E-state index contributed by atoms with van der Waals surface area (Å²) in [5.74, 6) is 5.78. The summed E-state index contributed by atoms with van der Waals surface area (Å²) in [6.07, 6.45) is 13.6. The number of rotatable bonds is 6. The van der Waals surface area contributed by atoms with Crippen LogP contribution in [0.2, 0.25) is 0 Å². The number of hydrogen-bond donors (Lipinski definition) is 1. The highest BCUT2D eigenvalue weighted by molar-refractivity contribution is 6.02. The second-order valence-electron chi connectivity index (χ2n) is 14.2. The van der Waals surface area contributed by atoms with Crippen LogP contribution in [-0.4, -0.2) is 10.9 Å². The molecule has 8 atom stereocenters. The summed E-state index contributed by atoms with van der Waals surface area (Å²) in [5.41, 5.74) is 2.13. The van der Waals surface area contributed by atoms with E-state index in [-0.39, 0.29) is 17.0 Å². The second kappa shape index (κ2) is 9.95. The molecule has 1 aromatic carbocycles. The third-order valence-corrected chi connectivity index (χ3v) is 11.9. The van der Waals surface area contributed by atoms with Gasteiger partial charge in [-0.1, -0.05) is 84.2 Å². The molecule has 198 valence electrons. The molecule has 5 rings (SSSR count). The third kappa shape index (κ3) is 4.39. The number of aliphatic hydroxyl groups is 1. The Hall–Kier alpha value is -1.57. The van der Waals surface area contributed by atoms with Crippen LogP contribution in [0, 0.1) is 52.3 Å². The predicted molar refractivity (Wildman–Crippen MR) is 149 cm³/mol. The lowest BCUT2D eigenvalue weighted by atomic mass is 9.44. The number of allylic oxidation sites excluding steroid dienone is 1. The summed E-state index contributed by atoms with van der Waals surface area (Å²) in [4.78, 5) is 13.2. The van der Waals surface area contributed by atoms with E-state index in [2.05, 4.69) is 34.6 Å². The molecular formula is C34H50O2. The Bertz CT molecular complexity index is 976. The van der Waals surface area contributed by atoms with Crippen LogP contribution in [0.15, 0.2) is 35.9 Å². The topological polar surface area (TPSA) is 37.3 Å². The van der Waals surface area contributed by atoms with E-state index in [0.717, 1.165) is 41.6 Å². The summed E-state index contributed by atoms with van der Waals surface area (Å²) >= 11 is 0. The fourth-order valence-corrected chi connectivity index (χ4v) is 9.98. The monoisotopic (exact) mass is 490 g/mol. The SMILES string of the molecule is CC(C)CCC[C@H](C)[C@@H]1CC[C@@H]2[C@H]3CC[C@H]4CC(=O)/C(=C(\O)c5ccccc5)C[C@]4(C)[C@@H]3CC[C@@]21C. The van der Waals surface area contributed by atoms with Crippen LogP contribution >= 0.6 is 0 Å². The van der Waals surface area contributed by atoms with E-state index >= 15 is 0 Å². The number of fused-ring (bicyclic) bond motifs is 5. The van der Waals surface area contributed by atoms with Gasteiger partial charge in [0, 0.05) is 17.6 Å². The lowest BCUT2D eigenvalue weighted by molar-refractivity contribution is -0.133. The molecule has 2 nitrogen and oxygen atoms in total. The van der Waals surface area contributed by atoms with Gasteiger partial charge in [-0.3, -0.25) is 4.79 Å². The highest BCUT2D eigenvalue weighted by Crippen LogP contribution is 2.68. The van der Waals surface area contributed by atoms with Gasteiger partial charge >= 0.3 is 0 Å². The minimum atomic E-state index is 0.136. The first-order valence-electron chi connectivity index (χ1n) is 15.2. The van der Waals surface area contributed by atoms with E-state index in [0.29, 0.717) is 29.2 Å². The van der Waals surface area contributed by atoms with Gasteiger partial charge in [-0.15, -0.1) is 0 Å². The zero-order valence-corrected chi connectivity index (χ0v) is 23.6. The van der Waals surface area contributed by atoms with Crippen molar-refractivity contribution in [2.75, 3.05) is 0 Å². The van der Waals surface area contributed by atoms with Gasteiger partial charge < -0.3 is 5.11 Å². The summed E-state index contributed by atoms with van der Waals surface area (Å²) < 4.78 is 0. The van der Waals surface area contributed by atoms with Crippen molar-refractivity contribution in [2.45, 2.75) is 105 Å². The first-order valence-corrected chi connectivity index (χ1v) is 15.2. The highest BCUT2D eigenvalue weighted by Gasteiger charge is 2.61. The Morgan fingerprint density at radius 1 is 0.944 bits per heavy atom. The largest absolute Gasteiger partial charge is 0.507 e. The molecule has 0 bridgehead atoms. The average Bonchev–Trinajstić information content (AvgIpc) is 3.21. The summed E-state index contributed by atoms with van der Waals surface area (Å²) in [5, 5.41) is 11.2. The van der Waals surface area contributed by atoms with Crippen LogP contribution in [0.4, 0.5) is 0 Å². The van der Waals surface area contributed by atoms with Crippen molar-refractivity contribution in [3.05, 3.63) is 41.5 Å². The molecular weight excluding hydrogens is 440 g/mol. The molecule has 0 heterocycles. The molecule has 0 unspecified atom stereocenters. The fraction of sp³-hybridized carbons (Fsp3) is 0.735. The van der Waals surface area contributed by atoms with Gasteiger partial charge in [-0.25, -0.2) is 0 Å². The highest BCUT2D eigenvalue weighted by atomic mass is 16.3. The molecule has 0 aromatic heterocycles. The van der Waals surface area contributed by atoms with E-state index in [9.17, 15) is 9.90 Å². The van der Waals surface area contributed by atoms with Crippen molar-refractivity contribution in [1.29, 1.82) is 0 Å². The molecule has 4 fully saturated rings. The van der Waals surface area contributed by atoms with Gasteiger partial charge in [0.05, 0.1) is 0 Å². The molecule has 0 aliphatic heterocycles. The quantitative estimate of drug-likeness (QED) is 0.319. The number of Topliss-reactive ketones (excluding diaryl/α,β-unsaturated/α-hetero) is 1. The Labute approximate surface area is 220 Å². The zero-order valence-electron chi connectivity index (χ0n) is 23.6. The molecule has 36 heavy (non-hydrogen) atoms. The van der Waals surface area contributed by atoms with E-state index in [1.807, 2.05) is 30.3 Å². The molecule has 4 saturated carbocycles. The number of hydrogen-bond acceptors (Lipinski definition) is 2. The fourth-order valence-electron chi connectivity index (χ4n) is 9.98. The normalized spacial score (nSPS) is 40.4. The average molecular weight is 491 g/mol. The molecule has 0 radical (unpaired) electrons. The minimum absolute atomic E-state index is 0.136. The first-order chi connectivity index (χ1) is 17.1. The van der Waals surface area contributed by atoms with Gasteiger partial charge in [0.2, 0.25) is 0 Å². The van der Waals surface area contributed by atoms with Crippen LogP contribution in [0.1, 0.15) is 111 Å². The minimum Gasteiger partial charge on any atom is -0.507 e. The molecule has 1 aromatic rings. The van der Waals surface area contributed by atoms with Crippen LogP contribution in [0.3, 0.4) is 0 Å². The molecule has 4 aliphatic carbocycles. The van der Waals surface area contributed by atoms with Crippen LogP contribution < -0.4 is 0 Å². The molecule has 1 N–H and O–H groups in total. The van der Waals surface area contributed by atoms with Gasteiger partial charge in [0.15, 0.2) is 5.78 Å². The Kier molecular flexibility index (Phi) is 7.20. The van der Waals surface area contributed by atoms with Crippen molar-refractivity contribution >= 4 is 11.5 Å². The summed E-state index contributed by atoms with van der Waals surface area (Å²) in [7, 11) is 0. The molecule has 4 aliphatic rings. The number of aliphatic hydroxyl groups excluding tert-OH is 1. The van der Waals surface area contributed by atoms with Gasteiger partial charge in [0.1, 0.15) is 5.76 Å². The Balaban J connectivity index is 1.36. The molecule has 0 amide bonds. The van der Waals surface area contributed by atoms with Crippen LogP contribution in [0.5, 0.6) is 0 Å². The van der Waals surface area contributed by atoms with Crippen LogP contribution in [0.25, 0.3) is 5.76 Å². The van der Waals surface area contributed by atoms with E-state index in [1.54, 1.807) is 0 Å².